The van der Waals surface area contributed by atoms with Gasteiger partial charge in [-0.25, -0.2) is 8.42 Å². The van der Waals surface area contributed by atoms with Crippen LogP contribution in [-0.4, -0.2) is 33.0 Å². The van der Waals surface area contributed by atoms with Gasteiger partial charge in [-0.1, -0.05) is 0 Å². The van der Waals surface area contributed by atoms with Crippen molar-refractivity contribution in [3.63, 3.8) is 0 Å². The zero-order valence-electron chi connectivity index (χ0n) is 10.1. The minimum atomic E-state index is -2.92. The van der Waals surface area contributed by atoms with E-state index in [4.69, 9.17) is 11.0 Å². The van der Waals surface area contributed by atoms with Crippen LogP contribution >= 0.6 is 0 Å². The van der Waals surface area contributed by atoms with Gasteiger partial charge in [0.25, 0.3) is 0 Å². The second kappa shape index (κ2) is 4.50. The van der Waals surface area contributed by atoms with Crippen molar-refractivity contribution in [2.24, 2.45) is 0 Å². The molecule has 0 bridgehead atoms. The molecule has 18 heavy (non-hydrogen) atoms. The summed E-state index contributed by atoms with van der Waals surface area (Å²) in [5.74, 6) is 0.375. The molecular weight excluding hydrogens is 250 g/mol. The Morgan fingerprint density at radius 2 is 2.22 bits per heavy atom. The largest absolute Gasteiger partial charge is 0.397 e. The number of nitrogen functional groups attached to an aromatic ring is 1. The monoisotopic (exact) mass is 265 g/mol. The molecule has 1 aromatic rings. The molecular formula is C12H15N3O2S. The van der Waals surface area contributed by atoms with Crippen molar-refractivity contribution in [3.05, 3.63) is 23.8 Å². The summed E-state index contributed by atoms with van der Waals surface area (Å²) in [5, 5.41) is 8.88. The molecule has 0 radical (unpaired) electrons. The smallest absolute Gasteiger partial charge is 0.152 e. The van der Waals surface area contributed by atoms with Crippen LogP contribution in [0.25, 0.3) is 0 Å². The van der Waals surface area contributed by atoms with Crippen LogP contribution < -0.4 is 10.6 Å². The molecule has 1 aliphatic rings. The predicted octanol–water partition coefficient (Wildman–Crippen LogP) is 0.764. The van der Waals surface area contributed by atoms with Gasteiger partial charge in [-0.15, -0.1) is 0 Å². The van der Waals surface area contributed by atoms with Gasteiger partial charge in [0.1, 0.15) is 0 Å². The first-order chi connectivity index (χ1) is 8.43. The standard InChI is InChI=1S/C12H15N3O2S/c1-15(10-4-5-18(16,17)8-10)12-6-9(7-13)2-3-11(12)14/h2-3,6,10H,4-5,8,14H2,1H3. The van der Waals surface area contributed by atoms with Crippen molar-refractivity contribution in [3.8, 4) is 6.07 Å². The summed E-state index contributed by atoms with van der Waals surface area (Å²) in [6.07, 6.45) is 0.606. The lowest BCUT2D eigenvalue weighted by atomic mass is 10.1. The lowest BCUT2D eigenvalue weighted by molar-refractivity contribution is 0.601. The number of rotatable bonds is 2. The number of benzene rings is 1. The molecule has 2 rings (SSSR count). The number of nitriles is 1. The van der Waals surface area contributed by atoms with E-state index in [0.29, 0.717) is 17.7 Å². The molecule has 1 atom stereocenters. The fourth-order valence-electron chi connectivity index (χ4n) is 2.20. The van der Waals surface area contributed by atoms with Crippen molar-refractivity contribution < 1.29 is 8.42 Å². The Kier molecular flexibility index (Phi) is 3.18. The average molecular weight is 265 g/mol. The highest BCUT2D eigenvalue weighted by Crippen LogP contribution is 2.28. The number of nitrogens with two attached hydrogens (primary N) is 1. The fraction of sp³-hybridized carbons (Fsp3) is 0.417. The fourth-order valence-corrected chi connectivity index (χ4v) is 3.97. The van der Waals surface area contributed by atoms with Crippen LogP contribution in [0.15, 0.2) is 18.2 Å². The highest BCUT2D eigenvalue weighted by Gasteiger charge is 2.31. The third-order valence-electron chi connectivity index (χ3n) is 3.30. The van der Waals surface area contributed by atoms with Gasteiger partial charge in [0.2, 0.25) is 0 Å². The van der Waals surface area contributed by atoms with Crippen molar-refractivity contribution >= 4 is 21.2 Å². The number of nitrogens with zero attached hydrogens (tertiary/aromatic N) is 2. The second-order valence-electron chi connectivity index (χ2n) is 4.55. The van der Waals surface area contributed by atoms with Crippen LogP contribution in [0, 0.1) is 11.3 Å². The summed E-state index contributed by atoms with van der Waals surface area (Å²) in [6.45, 7) is 0. The molecule has 5 nitrogen and oxygen atoms in total. The number of hydrogen-bond donors (Lipinski definition) is 1. The molecule has 1 unspecified atom stereocenters. The van der Waals surface area contributed by atoms with E-state index in [0.717, 1.165) is 5.69 Å². The van der Waals surface area contributed by atoms with E-state index in [2.05, 4.69) is 6.07 Å². The summed E-state index contributed by atoms with van der Waals surface area (Å²) in [5.41, 5.74) is 7.67. The lowest BCUT2D eigenvalue weighted by Crippen LogP contribution is -2.33. The first-order valence-corrected chi connectivity index (χ1v) is 7.48. The van der Waals surface area contributed by atoms with Crippen molar-refractivity contribution in [1.29, 1.82) is 5.26 Å². The number of sulfone groups is 1. The zero-order chi connectivity index (χ0) is 13.3. The Hall–Kier alpha value is -1.74. The molecule has 0 spiro atoms. The SMILES string of the molecule is CN(c1cc(C#N)ccc1N)C1CCS(=O)(=O)C1. The minimum Gasteiger partial charge on any atom is -0.397 e. The molecule has 1 heterocycles. The lowest BCUT2D eigenvalue weighted by Gasteiger charge is -2.27. The highest BCUT2D eigenvalue weighted by molar-refractivity contribution is 7.91. The van der Waals surface area contributed by atoms with E-state index in [1.807, 2.05) is 11.9 Å². The Morgan fingerprint density at radius 1 is 1.50 bits per heavy atom. The maximum Gasteiger partial charge on any atom is 0.152 e. The van der Waals surface area contributed by atoms with E-state index < -0.39 is 9.84 Å². The summed E-state index contributed by atoms with van der Waals surface area (Å²) in [7, 11) is -1.11. The second-order valence-corrected chi connectivity index (χ2v) is 6.78. The van der Waals surface area contributed by atoms with Crippen LogP contribution in [-0.2, 0) is 9.84 Å². The van der Waals surface area contributed by atoms with E-state index in [1.165, 1.54) is 0 Å². The topological polar surface area (TPSA) is 87.2 Å². The summed E-state index contributed by atoms with van der Waals surface area (Å²) >= 11 is 0. The maximum absolute atomic E-state index is 11.5. The maximum atomic E-state index is 11.5. The number of hydrogen-bond acceptors (Lipinski definition) is 5. The molecule has 0 amide bonds. The molecule has 1 aromatic carbocycles. The molecule has 0 saturated carbocycles. The summed E-state index contributed by atoms with van der Waals surface area (Å²) < 4.78 is 22.9. The van der Waals surface area contributed by atoms with Crippen molar-refractivity contribution in [2.75, 3.05) is 29.2 Å². The normalized spacial score (nSPS) is 21.4. The molecule has 1 aliphatic heterocycles. The van der Waals surface area contributed by atoms with Crippen LogP contribution in [0.3, 0.4) is 0 Å². The van der Waals surface area contributed by atoms with Gasteiger partial charge in [0, 0.05) is 13.1 Å². The van der Waals surface area contributed by atoms with Gasteiger partial charge in [-0.3, -0.25) is 0 Å². The number of anilines is 2. The van der Waals surface area contributed by atoms with Crippen molar-refractivity contribution in [2.45, 2.75) is 12.5 Å². The molecule has 1 saturated heterocycles. The van der Waals surface area contributed by atoms with E-state index >= 15 is 0 Å². The molecule has 0 aliphatic carbocycles. The van der Waals surface area contributed by atoms with Crippen LogP contribution in [0.5, 0.6) is 0 Å². The van der Waals surface area contributed by atoms with Gasteiger partial charge < -0.3 is 10.6 Å². The quantitative estimate of drug-likeness (QED) is 0.798. The van der Waals surface area contributed by atoms with Crippen LogP contribution in [0.1, 0.15) is 12.0 Å². The third-order valence-corrected chi connectivity index (χ3v) is 5.05. The Balaban J connectivity index is 2.29. The third kappa shape index (κ3) is 2.41. The average Bonchev–Trinajstić information content (AvgIpc) is 2.69. The molecule has 6 heteroatoms. The summed E-state index contributed by atoms with van der Waals surface area (Å²) in [4.78, 5) is 1.86. The van der Waals surface area contributed by atoms with Crippen LogP contribution in [0.4, 0.5) is 11.4 Å². The Bertz CT molecular complexity index is 604. The highest BCUT2D eigenvalue weighted by atomic mass is 32.2. The Labute approximate surface area is 107 Å². The van der Waals surface area contributed by atoms with Gasteiger partial charge in [0.15, 0.2) is 9.84 Å². The molecule has 2 N–H and O–H groups in total. The summed E-state index contributed by atoms with van der Waals surface area (Å²) in [6, 6.07) is 7.01. The Morgan fingerprint density at radius 3 is 2.78 bits per heavy atom. The van der Waals surface area contributed by atoms with Crippen molar-refractivity contribution in [1.82, 2.24) is 0 Å². The first-order valence-electron chi connectivity index (χ1n) is 5.66. The van der Waals surface area contributed by atoms with E-state index in [-0.39, 0.29) is 17.5 Å². The molecule has 0 aromatic heterocycles. The molecule has 1 fully saturated rings. The van der Waals surface area contributed by atoms with Gasteiger partial charge in [-0.05, 0) is 24.6 Å². The molecule has 96 valence electrons. The van der Waals surface area contributed by atoms with Crippen LogP contribution in [0.2, 0.25) is 0 Å². The zero-order valence-corrected chi connectivity index (χ0v) is 10.9. The van der Waals surface area contributed by atoms with E-state index in [1.54, 1.807) is 18.2 Å². The predicted molar refractivity (Wildman–Crippen MR) is 71.0 cm³/mol. The minimum absolute atomic E-state index is 0.0637. The van der Waals surface area contributed by atoms with Gasteiger partial charge >= 0.3 is 0 Å². The van der Waals surface area contributed by atoms with E-state index in [9.17, 15) is 8.42 Å². The first kappa shape index (κ1) is 12.7. The van der Waals surface area contributed by atoms with Gasteiger partial charge in [-0.2, -0.15) is 5.26 Å². The van der Waals surface area contributed by atoms with Gasteiger partial charge in [0.05, 0.1) is 34.5 Å².